The summed E-state index contributed by atoms with van der Waals surface area (Å²) in [6.07, 6.45) is 1.73. The monoisotopic (exact) mass is 393 g/mol. The van der Waals surface area contributed by atoms with Crippen molar-refractivity contribution in [2.24, 2.45) is 5.14 Å². The second-order valence-corrected chi connectivity index (χ2v) is 7.78. The number of carbonyl (C=O) groups excluding carboxylic acids is 1. The van der Waals surface area contributed by atoms with E-state index in [4.69, 9.17) is 9.56 Å². The third kappa shape index (κ3) is 4.31. The zero-order chi connectivity index (χ0) is 18.7. The molecule has 0 radical (unpaired) electrons. The molecule has 2 heterocycles. The average Bonchev–Trinajstić information content (AvgIpc) is 3.25. The zero-order valence-electron chi connectivity index (χ0n) is 13.6. The van der Waals surface area contributed by atoms with Crippen molar-refractivity contribution in [1.82, 2.24) is 15.2 Å². The minimum Gasteiger partial charge on any atom is -0.410 e. The Labute approximate surface area is 153 Å². The van der Waals surface area contributed by atoms with Crippen molar-refractivity contribution >= 4 is 33.4 Å². The van der Waals surface area contributed by atoms with E-state index in [0.717, 1.165) is 11.8 Å². The molecule has 0 fully saturated rings. The van der Waals surface area contributed by atoms with Crippen LogP contribution in [-0.4, -0.2) is 35.3 Å². The highest BCUT2D eigenvalue weighted by molar-refractivity contribution is 7.99. The van der Waals surface area contributed by atoms with E-state index >= 15 is 0 Å². The molecule has 136 valence electrons. The van der Waals surface area contributed by atoms with E-state index in [2.05, 4.69) is 20.5 Å². The van der Waals surface area contributed by atoms with Crippen LogP contribution in [0.4, 0.5) is 5.69 Å². The molecule has 0 aliphatic rings. The van der Waals surface area contributed by atoms with Crippen LogP contribution in [0.3, 0.4) is 0 Å². The van der Waals surface area contributed by atoms with Gasteiger partial charge in [-0.3, -0.25) is 4.79 Å². The van der Waals surface area contributed by atoms with E-state index in [9.17, 15) is 13.2 Å². The number of nitrogens with two attached hydrogens (primary N) is 1. The average molecular weight is 393 g/mol. The van der Waals surface area contributed by atoms with Crippen LogP contribution >= 0.6 is 11.8 Å². The van der Waals surface area contributed by atoms with Crippen LogP contribution in [0.1, 0.15) is 5.56 Å². The summed E-state index contributed by atoms with van der Waals surface area (Å²) in [5.41, 5.74) is 1.52. The van der Waals surface area contributed by atoms with Crippen LogP contribution in [0, 0.1) is 6.92 Å². The molecule has 0 saturated heterocycles. The fourth-order valence-electron chi connectivity index (χ4n) is 2.15. The maximum Gasteiger partial charge on any atom is 0.277 e. The third-order valence-corrected chi connectivity index (χ3v) is 5.21. The normalized spacial score (nSPS) is 11.5. The van der Waals surface area contributed by atoms with Gasteiger partial charge >= 0.3 is 0 Å². The summed E-state index contributed by atoms with van der Waals surface area (Å²) in [6, 6.07) is 8.08. The highest BCUT2D eigenvalue weighted by Crippen LogP contribution is 2.23. The van der Waals surface area contributed by atoms with Gasteiger partial charge in [0.1, 0.15) is 5.69 Å². The fraction of sp³-hybridized carbons (Fsp3) is 0.133. The van der Waals surface area contributed by atoms with Crippen molar-refractivity contribution in [3.63, 3.8) is 0 Å². The molecular formula is C15H15N5O4S2. The van der Waals surface area contributed by atoms with Gasteiger partial charge in [-0.1, -0.05) is 17.8 Å². The summed E-state index contributed by atoms with van der Waals surface area (Å²) in [6.45, 7) is 1.62. The van der Waals surface area contributed by atoms with Crippen molar-refractivity contribution in [3.8, 4) is 11.6 Å². The number of aryl methyl sites for hydroxylation is 1. The van der Waals surface area contributed by atoms with E-state index in [1.54, 1.807) is 37.4 Å². The molecular weight excluding hydrogens is 378 g/mol. The summed E-state index contributed by atoms with van der Waals surface area (Å²) < 4.78 is 28.5. The van der Waals surface area contributed by atoms with Gasteiger partial charge in [0.25, 0.3) is 11.1 Å². The predicted molar refractivity (Wildman–Crippen MR) is 96.0 cm³/mol. The van der Waals surface area contributed by atoms with Crippen molar-refractivity contribution in [2.75, 3.05) is 11.1 Å². The van der Waals surface area contributed by atoms with Crippen molar-refractivity contribution in [1.29, 1.82) is 0 Å². The number of carbonyl (C=O) groups is 1. The lowest BCUT2D eigenvalue weighted by molar-refractivity contribution is -0.113. The standard InChI is InChI=1S/C15H15N5O4S2/c1-9-4-5-10(7-12(9)26(16,22)23)18-13(21)8-25-15-20-19-14(24-15)11-3-2-6-17-11/h2-7,17H,8H2,1H3,(H,18,21)(H2,16,22,23). The Morgan fingerprint density at radius 1 is 1.35 bits per heavy atom. The lowest BCUT2D eigenvalue weighted by Gasteiger charge is -2.08. The minimum absolute atomic E-state index is 0.0188. The molecule has 11 heteroatoms. The maximum atomic E-state index is 12.1. The summed E-state index contributed by atoms with van der Waals surface area (Å²) in [5.74, 6) is -0.00150. The number of aromatic nitrogens is 3. The Bertz CT molecular complexity index is 1030. The first kappa shape index (κ1) is 18.2. The number of primary sulfonamides is 1. The third-order valence-electron chi connectivity index (χ3n) is 3.34. The van der Waals surface area contributed by atoms with Crippen LogP contribution in [0.5, 0.6) is 0 Å². The van der Waals surface area contributed by atoms with E-state index in [-0.39, 0.29) is 21.8 Å². The lowest BCUT2D eigenvalue weighted by atomic mass is 10.2. The number of H-pyrrole nitrogens is 1. The molecule has 3 rings (SSSR count). The lowest BCUT2D eigenvalue weighted by Crippen LogP contribution is -2.17. The topological polar surface area (TPSA) is 144 Å². The fourth-order valence-corrected chi connectivity index (χ4v) is 3.52. The molecule has 1 aromatic carbocycles. The molecule has 1 amide bonds. The van der Waals surface area contributed by atoms with Crippen LogP contribution in [-0.2, 0) is 14.8 Å². The maximum absolute atomic E-state index is 12.1. The minimum atomic E-state index is -3.86. The first-order valence-corrected chi connectivity index (χ1v) is 9.89. The van der Waals surface area contributed by atoms with Gasteiger partial charge in [-0.2, -0.15) is 0 Å². The van der Waals surface area contributed by atoms with E-state index in [1.165, 1.54) is 6.07 Å². The second-order valence-electron chi connectivity index (χ2n) is 5.32. The molecule has 3 aromatic rings. The largest absolute Gasteiger partial charge is 0.410 e. The first-order valence-electron chi connectivity index (χ1n) is 7.36. The van der Waals surface area contributed by atoms with Gasteiger partial charge < -0.3 is 14.7 Å². The van der Waals surface area contributed by atoms with Crippen LogP contribution in [0.25, 0.3) is 11.6 Å². The van der Waals surface area contributed by atoms with Gasteiger partial charge in [0.05, 0.1) is 10.6 Å². The summed E-state index contributed by atoms with van der Waals surface area (Å²) in [4.78, 5) is 15.0. The number of amides is 1. The zero-order valence-corrected chi connectivity index (χ0v) is 15.2. The Hall–Kier alpha value is -2.63. The van der Waals surface area contributed by atoms with Crippen molar-refractivity contribution in [2.45, 2.75) is 17.0 Å². The molecule has 9 nitrogen and oxygen atoms in total. The summed E-state index contributed by atoms with van der Waals surface area (Å²) >= 11 is 1.07. The smallest absolute Gasteiger partial charge is 0.277 e. The molecule has 0 bridgehead atoms. The number of anilines is 1. The number of sulfonamides is 1. The Morgan fingerprint density at radius 3 is 2.85 bits per heavy atom. The van der Waals surface area contributed by atoms with E-state index in [1.807, 2.05) is 0 Å². The first-order chi connectivity index (χ1) is 12.3. The number of nitrogens with zero attached hydrogens (tertiary/aromatic N) is 2. The predicted octanol–water partition coefficient (Wildman–Crippen LogP) is 1.75. The SMILES string of the molecule is Cc1ccc(NC(=O)CSc2nnc(-c3ccc[nH]3)o2)cc1S(N)(=O)=O. The number of thioether (sulfide) groups is 1. The van der Waals surface area contributed by atoms with E-state index in [0.29, 0.717) is 22.8 Å². The van der Waals surface area contributed by atoms with E-state index < -0.39 is 10.0 Å². The quantitative estimate of drug-likeness (QED) is 0.541. The summed E-state index contributed by atoms with van der Waals surface area (Å²) in [7, 11) is -3.86. The van der Waals surface area contributed by atoms with Gasteiger partial charge in [0.2, 0.25) is 15.9 Å². The van der Waals surface area contributed by atoms with Gasteiger partial charge in [0, 0.05) is 11.9 Å². The molecule has 0 unspecified atom stereocenters. The Morgan fingerprint density at radius 2 is 2.15 bits per heavy atom. The van der Waals surface area contributed by atoms with Crippen LogP contribution < -0.4 is 10.5 Å². The molecule has 0 spiro atoms. The van der Waals surface area contributed by atoms with Gasteiger partial charge in [0.15, 0.2) is 0 Å². The van der Waals surface area contributed by atoms with Gasteiger partial charge in [-0.15, -0.1) is 10.2 Å². The molecule has 0 atom stereocenters. The number of aromatic amines is 1. The molecule has 0 saturated carbocycles. The number of nitrogens with one attached hydrogen (secondary N) is 2. The number of rotatable bonds is 6. The second kappa shape index (κ2) is 7.32. The Balaban J connectivity index is 1.61. The molecule has 4 N–H and O–H groups in total. The van der Waals surface area contributed by atoms with Crippen molar-refractivity contribution in [3.05, 3.63) is 42.1 Å². The molecule has 26 heavy (non-hydrogen) atoms. The highest BCUT2D eigenvalue weighted by atomic mass is 32.2. The number of hydrogen-bond donors (Lipinski definition) is 3. The van der Waals surface area contributed by atoms with Gasteiger partial charge in [-0.25, -0.2) is 13.6 Å². The summed E-state index contributed by atoms with van der Waals surface area (Å²) in [5, 5.41) is 15.8. The van der Waals surface area contributed by atoms with Crippen LogP contribution in [0.2, 0.25) is 0 Å². The van der Waals surface area contributed by atoms with Crippen LogP contribution in [0.15, 0.2) is 51.1 Å². The Kier molecular flexibility index (Phi) is 5.11. The molecule has 2 aromatic heterocycles. The van der Waals surface area contributed by atoms with Crippen molar-refractivity contribution < 1.29 is 17.6 Å². The van der Waals surface area contributed by atoms with Gasteiger partial charge in [-0.05, 0) is 36.8 Å². The highest BCUT2D eigenvalue weighted by Gasteiger charge is 2.14. The molecule has 0 aliphatic heterocycles. The number of hydrogen-bond acceptors (Lipinski definition) is 7. The molecule has 0 aliphatic carbocycles. The number of benzene rings is 1.